The summed E-state index contributed by atoms with van der Waals surface area (Å²) in [6.07, 6.45) is 0. The van der Waals surface area contributed by atoms with Gasteiger partial charge >= 0.3 is 0 Å². The van der Waals surface area contributed by atoms with Crippen molar-refractivity contribution in [3.63, 3.8) is 0 Å². The summed E-state index contributed by atoms with van der Waals surface area (Å²) in [5, 5.41) is 3.04. The Balaban J connectivity index is 2.15. The van der Waals surface area contributed by atoms with Crippen molar-refractivity contribution in [2.45, 2.75) is 13.0 Å². The van der Waals surface area contributed by atoms with Crippen LogP contribution in [-0.4, -0.2) is 5.91 Å². The molecule has 0 saturated heterocycles. The normalized spacial score (nSPS) is 11.9. The Bertz CT molecular complexity index is 628. The van der Waals surface area contributed by atoms with Gasteiger partial charge in [0.1, 0.15) is 5.82 Å². The second-order valence-electron chi connectivity index (χ2n) is 4.49. The highest BCUT2D eigenvalue weighted by atomic mass is 35.5. The lowest BCUT2D eigenvalue weighted by Crippen LogP contribution is -2.27. The fourth-order valence-electron chi connectivity index (χ4n) is 1.81. The molecule has 1 atom stereocenters. The Morgan fingerprint density at radius 3 is 2.55 bits per heavy atom. The molecule has 0 heterocycles. The number of benzene rings is 2. The third kappa shape index (κ3) is 3.27. The zero-order valence-electron chi connectivity index (χ0n) is 10.9. The molecule has 0 radical (unpaired) electrons. The zero-order chi connectivity index (χ0) is 14.7. The molecule has 2 aromatic rings. The van der Waals surface area contributed by atoms with Crippen LogP contribution >= 0.6 is 11.6 Å². The first-order valence-corrected chi connectivity index (χ1v) is 6.46. The molecular formula is C15H14ClFN2O. The van der Waals surface area contributed by atoms with E-state index in [2.05, 4.69) is 5.32 Å². The van der Waals surface area contributed by atoms with E-state index in [0.29, 0.717) is 10.7 Å². The molecule has 1 amide bonds. The summed E-state index contributed by atoms with van der Waals surface area (Å²) in [6.45, 7) is 1.81. The number of halogens is 2. The maximum Gasteiger partial charge on any atom is 0.254 e. The predicted molar refractivity (Wildman–Crippen MR) is 78.1 cm³/mol. The van der Waals surface area contributed by atoms with E-state index in [1.807, 2.05) is 19.1 Å². The lowest BCUT2D eigenvalue weighted by molar-refractivity contribution is 0.0936. The van der Waals surface area contributed by atoms with Crippen LogP contribution < -0.4 is 11.1 Å². The van der Waals surface area contributed by atoms with Gasteiger partial charge in [-0.3, -0.25) is 4.79 Å². The maximum atomic E-state index is 13.6. The molecule has 3 nitrogen and oxygen atoms in total. The minimum atomic E-state index is -0.601. The molecule has 0 spiro atoms. The number of rotatable bonds is 3. The van der Waals surface area contributed by atoms with E-state index in [9.17, 15) is 9.18 Å². The summed E-state index contributed by atoms with van der Waals surface area (Å²) in [6, 6.07) is 10.7. The summed E-state index contributed by atoms with van der Waals surface area (Å²) in [5.74, 6) is -1.11. The molecule has 0 aliphatic carbocycles. The van der Waals surface area contributed by atoms with Crippen molar-refractivity contribution >= 4 is 23.2 Å². The number of anilines is 1. The minimum absolute atomic E-state index is 0.0696. The Kier molecular flexibility index (Phi) is 4.25. The average Bonchev–Trinajstić information content (AvgIpc) is 2.42. The largest absolute Gasteiger partial charge is 0.399 e. The van der Waals surface area contributed by atoms with Gasteiger partial charge in [-0.1, -0.05) is 23.7 Å². The highest BCUT2D eigenvalue weighted by Crippen LogP contribution is 2.18. The van der Waals surface area contributed by atoms with E-state index >= 15 is 0 Å². The number of amides is 1. The summed E-state index contributed by atoms with van der Waals surface area (Å²) in [4.78, 5) is 12.0. The van der Waals surface area contributed by atoms with Crippen LogP contribution in [0.4, 0.5) is 10.1 Å². The van der Waals surface area contributed by atoms with Gasteiger partial charge in [0.25, 0.3) is 5.91 Å². The summed E-state index contributed by atoms with van der Waals surface area (Å²) >= 11 is 5.77. The third-order valence-electron chi connectivity index (χ3n) is 2.96. The number of nitrogens with one attached hydrogen (secondary N) is 1. The highest BCUT2D eigenvalue weighted by molar-refractivity contribution is 6.31. The van der Waals surface area contributed by atoms with Crippen LogP contribution in [-0.2, 0) is 0 Å². The molecule has 0 aliphatic heterocycles. The third-order valence-corrected chi connectivity index (χ3v) is 3.19. The van der Waals surface area contributed by atoms with Crippen LogP contribution in [0, 0.1) is 5.82 Å². The number of hydrogen-bond acceptors (Lipinski definition) is 2. The molecule has 0 saturated carbocycles. The molecule has 104 valence electrons. The molecule has 0 aromatic heterocycles. The molecule has 3 N–H and O–H groups in total. The Labute approximate surface area is 121 Å². The minimum Gasteiger partial charge on any atom is -0.399 e. The molecule has 0 bridgehead atoms. The molecule has 20 heavy (non-hydrogen) atoms. The van der Waals surface area contributed by atoms with Crippen LogP contribution in [0.2, 0.25) is 5.02 Å². The number of carbonyl (C=O) groups is 1. The van der Waals surface area contributed by atoms with Crippen LogP contribution in [0.25, 0.3) is 0 Å². The van der Waals surface area contributed by atoms with Crippen LogP contribution in [0.5, 0.6) is 0 Å². The average molecular weight is 293 g/mol. The van der Waals surface area contributed by atoms with E-state index in [1.54, 1.807) is 12.1 Å². The lowest BCUT2D eigenvalue weighted by Gasteiger charge is -2.15. The smallest absolute Gasteiger partial charge is 0.254 e. The van der Waals surface area contributed by atoms with Crippen molar-refractivity contribution in [2.24, 2.45) is 0 Å². The van der Waals surface area contributed by atoms with Gasteiger partial charge < -0.3 is 11.1 Å². The fraction of sp³-hybridized carbons (Fsp3) is 0.133. The molecule has 1 unspecified atom stereocenters. The number of nitrogen functional groups attached to an aromatic ring is 1. The molecular weight excluding hydrogens is 279 g/mol. The molecule has 5 heteroatoms. The second-order valence-corrected chi connectivity index (χ2v) is 4.92. The zero-order valence-corrected chi connectivity index (χ0v) is 11.6. The Morgan fingerprint density at radius 1 is 1.25 bits per heavy atom. The van der Waals surface area contributed by atoms with Gasteiger partial charge in [-0.2, -0.15) is 0 Å². The van der Waals surface area contributed by atoms with Crippen molar-refractivity contribution in [2.75, 3.05) is 5.73 Å². The first-order chi connectivity index (χ1) is 9.47. The SMILES string of the molecule is CC(NC(=O)c1cc(Cl)ccc1F)c1ccc(N)cc1. The molecule has 0 fully saturated rings. The van der Waals surface area contributed by atoms with E-state index in [-0.39, 0.29) is 11.6 Å². The van der Waals surface area contributed by atoms with Gasteiger partial charge in [-0.05, 0) is 42.8 Å². The molecule has 2 aromatic carbocycles. The van der Waals surface area contributed by atoms with Crippen molar-refractivity contribution in [1.29, 1.82) is 0 Å². The van der Waals surface area contributed by atoms with Gasteiger partial charge in [0.05, 0.1) is 11.6 Å². The van der Waals surface area contributed by atoms with Gasteiger partial charge in [0, 0.05) is 10.7 Å². The van der Waals surface area contributed by atoms with Crippen molar-refractivity contribution in [3.8, 4) is 0 Å². The fourth-order valence-corrected chi connectivity index (χ4v) is 1.99. The van der Waals surface area contributed by atoms with Gasteiger partial charge in [0.15, 0.2) is 0 Å². The Morgan fingerprint density at radius 2 is 1.90 bits per heavy atom. The Hall–Kier alpha value is -2.07. The van der Waals surface area contributed by atoms with Crippen molar-refractivity contribution in [3.05, 3.63) is 64.4 Å². The van der Waals surface area contributed by atoms with Crippen LogP contribution in [0.3, 0.4) is 0 Å². The second kappa shape index (κ2) is 5.92. The van der Waals surface area contributed by atoms with E-state index < -0.39 is 11.7 Å². The van der Waals surface area contributed by atoms with E-state index in [4.69, 9.17) is 17.3 Å². The quantitative estimate of drug-likeness (QED) is 0.850. The standard InChI is InChI=1S/C15H14ClFN2O/c1-9(10-2-5-12(18)6-3-10)19-15(20)13-8-11(16)4-7-14(13)17/h2-9H,18H2,1H3,(H,19,20). The first kappa shape index (κ1) is 14.3. The van der Waals surface area contributed by atoms with Crippen molar-refractivity contribution in [1.82, 2.24) is 5.32 Å². The number of hydrogen-bond donors (Lipinski definition) is 2. The number of carbonyl (C=O) groups excluding carboxylic acids is 1. The first-order valence-electron chi connectivity index (χ1n) is 6.08. The number of nitrogens with two attached hydrogens (primary N) is 1. The topological polar surface area (TPSA) is 55.1 Å². The summed E-state index contributed by atoms with van der Waals surface area (Å²) in [7, 11) is 0. The van der Waals surface area contributed by atoms with E-state index in [1.165, 1.54) is 18.2 Å². The van der Waals surface area contributed by atoms with Gasteiger partial charge in [-0.25, -0.2) is 4.39 Å². The van der Waals surface area contributed by atoms with Gasteiger partial charge in [0.2, 0.25) is 0 Å². The van der Waals surface area contributed by atoms with Crippen molar-refractivity contribution < 1.29 is 9.18 Å². The molecule has 0 aliphatic rings. The maximum absolute atomic E-state index is 13.6. The summed E-state index contributed by atoms with van der Waals surface area (Å²) < 4.78 is 13.6. The molecule has 2 rings (SSSR count). The highest BCUT2D eigenvalue weighted by Gasteiger charge is 2.15. The van der Waals surface area contributed by atoms with E-state index in [0.717, 1.165) is 5.56 Å². The van der Waals surface area contributed by atoms with Crippen LogP contribution in [0.1, 0.15) is 28.9 Å². The lowest BCUT2D eigenvalue weighted by atomic mass is 10.1. The summed E-state index contributed by atoms with van der Waals surface area (Å²) in [5.41, 5.74) is 7.07. The van der Waals surface area contributed by atoms with Gasteiger partial charge in [-0.15, -0.1) is 0 Å². The monoisotopic (exact) mass is 292 g/mol. The van der Waals surface area contributed by atoms with Crippen LogP contribution in [0.15, 0.2) is 42.5 Å². The predicted octanol–water partition coefficient (Wildman–Crippen LogP) is 3.55.